The number of nitro benzene ring substituents is 1. The molecule has 0 saturated carbocycles. The Morgan fingerprint density at radius 3 is 2.63 bits per heavy atom. The lowest BCUT2D eigenvalue weighted by Gasteiger charge is -2.15. The van der Waals surface area contributed by atoms with E-state index in [4.69, 9.17) is 21.1 Å². The van der Waals surface area contributed by atoms with Crippen molar-refractivity contribution in [1.29, 1.82) is 0 Å². The summed E-state index contributed by atoms with van der Waals surface area (Å²) in [4.78, 5) is 23.4. The van der Waals surface area contributed by atoms with Gasteiger partial charge in [0.2, 0.25) is 0 Å². The molecule has 2 N–H and O–H groups in total. The zero-order valence-corrected chi connectivity index (χ0v) is 20.5. The summed E-state index contributed by atoms with van der Waals surface area (Å²) in [5.41, 5.74) is 3.15. The molecule has 3 aromatic carbocycles. The summed E-state index contributed by atoms with van der Waals surface area (Å²) in [6.45, 7) is 2.19. The van der Waals surface area contributed by atoms with Crippen molar-refractivity contribution in [3.63, 3.8) is 0 Å². The third-order valence-electron chi connectivity index (χ3n) is 5.24. The lowest BCUT2D eigenvalue weighted by Crippen LogP contribution is -2.31. The van der Waals surface area contributed by atoms with Gasteiger partial charge in [-0.25, -0.2) is 0 Å². The molecule has 0 aliphatic carbocycles. The third-order valence-corrected chi connectivity index (χ3v) is 6.51. The van der Waals surface area contributed by atoms with Crippen LogP contribution in [0.3, 0.4) is 0 Å². The SMILES string of the molecule is COc1cc(/C=C2\SC(Nc3cc(Cl)ccc3C)NC2=O)ccc1OCc1ccc([N+](=O)[O-])cc1. The Balaban J connectivity index is 1.43. The number of non-ortho nitro benzene ring substituents is 1. The largest absolute Gasteiger partial charge is 0.493 e. The van der Waals surface area contributed by atoms with Crippen LogP contribution in [0, 0.1) is 17.0 Å². The van der Waals surface area contributed by atoms with Gasteiger partial charge in [0, 0.05) is 22.8 Å². The Labute approximate surface area is 211 Å². The molecule has 1 saturated heterocycles. The summed E-state index contributed by atoms with van der Waals surface area (Å²) in [5.74, 6) is 0.853. The van der Waals surface area contributed by atoms with Gasteiger partial charge in [0.05, 0.1) is 16.9 Å². The zero-order chi connectivity index (χ0) is 24.9. The van der Waals surface area contributed by atoms with Crippen molar-refractivity contribution in [2.24, 2.45) is 0 Å². The molecular weight excluding hydrogens is 490 g/mol. The first-order chi connectivity index (χ1) is 16.8. The number of hydrogen-bond donors (Lipinski definition) is 2. The number of amides is 1. The Bertz CT molecular complexity index is 1300. The Morgan fingerprint density at radius 1 is 1.14 bits per heavy atom. The second-order valence-electron chi connectivity index (χ2n) is 7.71. The van der Waals surface area contributed by atoms with E-state index in [0.29, 0.717) is 21.4 Å². The van der Waals surface area contributed by atoms with Gasteiger partial charge in [-0.15, -0.1) is 0 Å². The quantitative estimate of drug-likeness (QED) is 0.226. The maximum atomic E-state index is 12.5. The second-order valence-corrected chi connectivity index (χ2v) is 9.29. The van der Waals surface area contributed by atoms with Crippen molar-refractivity contribution in [2.45, 2.75) is 19.0 Å². The van der Waals surface area contributed by atoms with Crippen LogP contribution in [0.15, 0.2) is 65.6 Å². The monoisotopic (exact) mass is 511 g/mol. The number of nitrogens with one attached hydrogen (secondary N) is 2. The number of hydrogen-bond acceptors (Lipinski definition) is 7. The molecule has 10 heteroatoms. The number of carbonyl (C=O) groups excluding carboxylic acids is 1. The third kappa shape index (κ3) is 6.06. The Hall–Kier alpha value is -3.69. The van der Waals surface area contributed by atoms with Gasteiger partial charge >= 0.3 is 0 Å². The number of aryl methyl sites for hydroxylation is 1. The van der Waals surface area contributed by atoms with Crippen LogP contribution in [0.5, 0.6) is 11.5 Å². The number of ether oxygens (including phenoxy) is 2. The number of nitro groups is 1. The minimum atomic E-state index is -0.444. The van der Waals surface area contributed by atoms with E-state index in [1.54, 1.807) is 30.3 Å². The number of carbonyl (C=O) groups is 1. The van der Waals surface area contributed by atoms with Crippen molar-refractivity contribution in [3.8, 4) is 11.5 Å². The normalized spacial score (nSPS) is 16.1. The van der Waals surface area contributed by atoms with E-state index >= 15 is 0 Å². The molecule has 3 aromatic rings. The molecule has 4 rings (SSSR count). The maximum absolute atomic E-state index is 12.5. The molecule has 1 aliphatic rings. The number of halogens is 1. The van der Waals surface area contributed by atoms with Crippen molar-refractivity contribution < 1.29 is 19.2 Å². The van der Waals surface area contributed by atoms with E-state index in [0.717, 1.165) is 22.4 Å². The van der Waals surface area contributed by atoms with Crippen LogP contribution < -0.4 is 20.1 Å². The summed E-state index contributed by atoms with van der Waals surface area (Å²) in [6, 6.07) is 17.1. The van der Waals surface area contributed by atoms with Crippen molar-refractivity contribution >= 4 is 46.7 Å². The fourth-order valence-corrected chi connectivity index (χ4v) is 4.52. The van der Waals surface area contributed by atoms with Gasteiger partial charge in [-0.2, -0.15) is 0 Å². The van der Waals surface area contributed by atoms with E-state index in [1.165, 1.54) is 31.0 Å². The van der Waals surface area contributed by atoms with E-state index < -0.39 is 4.92 Å². The number of rotatable bonds is 8. The van der Waals surface area contributed by atoms with Crippen LogP contribution in [0.1, 0.15) is 16.7 Å². The van der Waals surface area contributed by atoms with Gasteiger partial charge in [-0.05, 0) is 66.1 Å². The average Bonchev–Trinajstić information content (AvgIpc) is 3.19. The molecule has 1 amide bonds. The Kier molecular flexibility index (Phi) is 7.48. The number of anilines is 1. The highest BCUT2D eigenvalue weighted by molar-refractivity contribution is 8.05. The zero-order valence-electron chi connectivity index (χ0n) is 18.9. The molecule has 35 heavy (non-hydrogen) atoms. The van der Waals surface area contributed by atoms with Gasteiger partial charge in [-0.3, -0.25) is 14.9 Å². The minimum Gasteiger partial charge on any atom is -0.493 e. The smallest absolute Gasteiger partial charge is 0.269 e. The molecule has 1 heterocycles. The fraction of sp³-hybridized carbons (Fsp3) is 0.160. The summed E-state index contributed by atoms with van der Waals surface area (Å²) in [5, 5.41) is 17.6. The van der Waals surface area contributed by atoms with Crippen LogP contribution in [0.4, 0.5) is 11.4 Å². The van der Waals surface area contributed by atoms with Crippen molar-refractivity contribution in [1.82, 2.24) is 5.32 Å². The lowest BCUT2D eigenvalue weighted by molar-refractivity contribution is -0.384. The molecule has 0 aromatic heterocycles. The summed E-state index contributed by atoms with van der Waals surface area (Å²) >= 11 is 7.47. The molecule has 180 valence electrons. The average molecular weight is 512 g/mol. The topological polar surface area (TPSA) is 103 Å². The van der Waals surface area contributed by atoms with Crippen LogP contribution in [0.2, 0.25) is 5.02 Å². The number of methoxy groups -OCH3 is 1. The molecule has 0 bridgehead atoms. The first-order valence-electron chi connectivity index (χ1n) is 10.6. The second kappa shape index (κ2) is 10.7. The fourth-order valence-electron chi connectivity index (χ4n) is 3.38. The molecule has 8 nitrogen and oxygen atoms in total. The highest BCUT2D eigenvalue weighted by Gasteiger charge is 2.27. The first kappa shape index (κ1) is 24.4. The molecule has 1 fully saturated rings. The molecule has 0 radical (unpaired) electrons. The van der Waals surface area contributed by atoms with E-state index in [-0.39, 0.29) is 23.7 Å². The maximum Gasteiger partial charge on any atom is 0.269 e. The molecule has 1 atom stereocenters. The highest BCUT2D eigenvalue weighted by Crippen LogP contribution is 2.34. The van der Waals surface area contributed by atoms with Crippen LogP contribution in [-0.4, -0.2) is 23.4 Å². The Morgan fingerprint density at radius 2 is 1.91 bits per heavy atom. The summed E-state index contributed by atoms with van der Waals surface area (Å²) in [6.07, 6.45) is 1.79. The number of nitrogens with zero attached hydrogens (tertiary/aromatic N) is 1. The van der Waals surface area contributed by atoms with Crippen molar-refractivity contribution in [3.05, 3.63) is 97.4 Å². The van der Waals surface area contributed by atoms with E-state index in [2.05, 4.69) is 10.6 Å². The molecule has 1 unspecified atom stereocenters. The summed E-state index contributed by atoms with van der Waals surface area (Å²) in [7, 11) is 1.54. The van der Waals surface area contributed by atoms with Gasteiger partial charge in [0.1, 0.15) is 6.61 Å². The standard InChI is InChI=1S/C25H22ClN3O5S/c1-15-3-7-18(26)13-20(15)27-25-28-24(30)23(35-25)12-17-6-10-21(22(11-17)33-2)34-14-16-4-8-19(9-5-16)29(31)32/h3-13,25,27H,14H2,1-2H3,(H,28,30)/b23-12-. The molecule has 1 aliphatic heterocycles. The van der Waals surface area contributed by atoms with E-state index in [9.17, 15) is 14.9 Å². The minimum absolute atomic E-state index is 0.0256. The lowest BCUT2D eigenvalue weighted by atomic mass is 10.2. The first-order valence-corrected chi connectivity index (χ1v) is 11.8. The van der Waals surface area contributed by atoms with Crippen LogP contribution >= 0.6 is 23.4 Å². The van der Waals surface area contributed by atoms with Crippen LogP contribution in [0.25, 0.3) is 6.08 Å². The predicted molar refractivity (Wildman–Crippen MR) is 138 cm³/mol. The van der Waals surface area contributed by atoms with E-state index in [1.807, 2.05) is 31.2 Å². The van der Waals surface area contributed by atoms with Gasteiger partial charge in [0.25, 0.3) is 11.6 Å². The van der Waals surface area contributed by atoms with Crippen LogP contribution in [-0.2, 0) is 11.4 Å². The summed E-state index contributed by atoms with van der Waals surface area (Å²) < 4.78 is 11.3. The van der Waals surface area contributed by atoms with Gasteiger partial charge in [0.15, 0.2) is 17.0 Å². The number of benzene rings is 3. The number of thioether (sulfide) groups is 1. The highest BCUT2D eigenvalue weighted by atomic mass is 35.5. The van der Waals surface area contributed by atoms with Crippen molar-refractivity contribution in [2.75, 3.05) is 12.4 Å². The van der Waals surface area contributed by atoms with Gasteiger partial charge < -0.3 is 20.1 Å². The predicted octanol–water partition coefficient (Wildman–Crippen LogP) is 5.74. The van der Waals surface area contributed by atoms with Gasteiger partial charge in [-0.1, -0.05) is 35.5 Å². The molecular formula is C25H22ClN3O5S. The molecule has 0 spiro atoms.